The molecule has 0 aliphatic heterocycles. The SMILES string of the molecule is CCc1ccc(C(CN)N(C)CC)s1. The molecule has 0 aliphatic rings. The molecule has 1 rings (SSSR count). The van der Waals surface area contributed by atoms with Crippen molar-refractivity contribution in [1.82, 2.24) is 4.90 Å². The fraction of sp³-hybridized carbons (Fsp3) is 0.636. The van der Waals surface area contributed by atoms with E-state index in [1.807, 2.05) is 11.3 Å². The molecule has 2 N–H and O–H groups in total. The van der Waals surface area contributed by atoms with Gasteiger partial charge in [0.25, 0.3) is 0 Å². The zero-order valence-electron chi connectivity index (χ0n) is 9.29. The van der Waals surface area contributed by atoms with E-state index in [1.165, 1.54) is 9.75 Å². The van der Waals surface area contributed by atoms with Crippen molar-refractivity contribution in [1.29, 1.82) is 0 Å². The van der Waals surface area contributed by atoms with Crippen LogP contribution in [0, 0.1) is 0 Å². The Bertz CT molecular complexity index is 270. The number of nitrogens with zero attached hydrogens (tertiary/aromatic N) is 1. The number of nitrogens with two attached hydrogens (primary N) is 1. The zero-order chi connectivity index (χ0) is 10.6. The summed E-state index contributed by atoms with van der Waals surface area (Å²) in [5, 5.41) is 0. The summed E-state index contributed by atoms with van der Waals surface area (Å²) in [6.07, 6.45) is 1.12. The van der Waals surface area contributed by atoms with Gasteiger partial charge in [-0.25, -0.2) is 0 Å². The van der Waals surface area contributed by atoms with Gasteiger partial charge in [0.2, 0.25) is 0 Å². The highest BCUT2D eigenvalue weighted by Crippen LogP contribution is 2.26. The first-order valence-electron chi connectivity index (χ1n) is 5.21. The topological polar surface area (TPSA) is 29.3 Å². The summed E-state index contributed by atoms with van der Waals surface area (Å²) in [6, 6.07) is 4.82. The molecule has 0 aliphatic carbocycles. The van der Waals surface area contributed by atoms with Gasteiger partial charge in [-0.15, -0.1) is 11.3 Å². The molecule has 1 aromatic heterocycles. The molecule has 0 aromatic carbocycles. The summed E-state index contributed by atoms with van der Waals surface area (Å²) in [5.41, 5.74) is 5.80. The summed E-state index contributed by atoms with van der Waals surface area (Å²) in [4.78, 5) is 5.14. The lowest BCUT2D eigenvalue weighted by Crippen LogP contribution is -2.29. The molecule has 0 fully saturated rings. The van der Waals surface area contributed by atoms with Crippen molar-refractivity contribution >= 4 is 11.3 Å². The number of rotatable bonds is 5. The summed E-state index contributed by atoms with van der Waals surface area (Å²) in [7, 11) is 2.13. The number of thiophene rings is 1. The highest BCUT2D eigenvalue weighted by atomic mass is 32.1. The van der Waals surface area contributed by atoms with Gasteiger partial charge in [0.1, 0.15) is 0 Å². The predicted octanol–water partition coefficient (Wildman–Crippen LogP) is 2.26. The van der Waals surface area contributed by atoms with Gasteiger partial charge < -0.3 is 5.73 Å². The molecule has 1 heterocycles. The fourth-order valence-electron chi connectivity index (χ4n) is 1.50. The maximum atomic E-state index is 5.80. The molecule has 80 valence electrons. The molecule has 0 saturated heterocycles. The lowest BCUT2D eigenvalue weighted by atomic mass is 10.2. The van der Waals surface area contributed by atoms with Gasteiger partial charge in [0, 0.05) is 16.3 Å². The van der Waals surface area contributed by atoms with Gasteiger partial charge in [0.05, 0.1) is 6.04 Å². The quantitative estimate of drug-likeness (QED) is 0.811. The van der Waals surface area contributed by atoms with Crippen molar-refractivity contribution in [2.75, 3.05) is 20.1 Å². The molecule has 0 saturated carbocycles. The molecule has 1 atom stereocenters. The largest absolute Gasteiger partial charge is 0.329 e. The molecule has 3 heteroatoms. The zero-order valence-corrected chi connectivity index (χ0v) is 10.1. The molecule has 0 radical (unpaired) electrons. The van der Waals surface area contributed by atoms with Crippen molar-refractivity contribution in [3.8, 4) is 0 Å². The third-order valence-corrected chi connectivity index (χ3v) is 3.94. The second-order valence-corrected chi connectivity index (χ2v) is 4.68. The molecular formula is C11H20N2S. The average Bonchev–Trinajstić information content (AvgIpc) is 2.67. The second kappa shape index (κ2) is 5.49. The van der Waals surface area contributed by atoms with E-state index in [0.717, 1.165) is 13.0 Å². The van der Waals surface area contributed by atoms with Crippen LogP contribution in [0.3, 0.4) is 0 Å². The van der Waals surface area contributed by atoms with Crippen LogP contribution in [0.5, 0.6) is 0 Å². The number of hydrogen-bond donors (Lipinski definition) is 1. The molecule has 2 nitrogen and oxygen atoms in total. The van der Waals surface area contributed by atoms with Crippen LogP contribution in [0.4, 0.5) is 0 Å². The van der Waals surface area contributed by atoms with Crippen LogP contribution in [0.2, 0.25) is 0 Å². The minimum absolute atomic E-state index is 0.394. The average molecular weight is 212 g/mol. The first-order chi connectivity index (χ1) is 6.72. The molecule has 1 unspecified atom stereocenters. The summed E-state index contributed by atoms with van der Waals surface area (Å²) < 4.78 is 0. The fourth-order valence-corrected chi connectivity index (χ4v) is 2.63. The van der Waals surface area contributed by atoms with E-state index in [9.17, 15) is 0 Å². The van der Waals surface area contributed by atoms with Crippen molar-refractivity contribution in [2.24, 2.45) is 5.73 Å². The standard InChI is InChI=1S/C11H20N2S/c1-4-9-6-7-11(14-9)10(8-12)13(3)5-2/h6-7,10H,4-5,8,12H2,1-3H3. The number of aryl methyl sites for hydroxylation is 1. The van der Waals surface area contributed by atoms with Crippen LogP contribution in [0.25, 0.3) is 0 Å². The minimum atomic E-state index is 0.394. The van der Waals surface area contributed by atoms with E-state index >= 15 is 0 Å². The van der Waals surface area contributed by atoms with Crippen LogP contribution in [0.15, 0.2) is 12.1 Å². The molecular weight excluding hydrogens is 192 g/mol. The number of hydrogen-bond acceptors (Lipinski definition) is 3. The molecule has 0 spiro atoms. The molecule has 0 amide bonds. The first-order valence-corrected chi connectivity index (χ1v) is 6.03. The van der Waals surface area contributed by atoms with Crippen LogP contribution in [-0.2, 0) is 6.42 Å². The Hall–Kier alpha value is -0.380. The van der Waals surface area contributed by atoms with Crippen molar-refractivity contribution in [2.45, 2.75) is 26.3 Å². The van der Waals surface area contributed by atoms with E-state index in [-0.39, 0.29) is 0 Å². The van der Waals surface area contributed by atoms with Crippen molar-refractivity contribution in [3.05, 3.63) is 21.9 Å². The summed E-state index contributed by atoms with van der Waals surface area (Å²) in [6.45, 7) is 6.10. The third-order valence-electron chi connectivity index (χ3n) is 2.61. The van der Waals surface area contributed by atoms with Crippen molar-refractivity contribution < 1.29 is 0 Å². The number of likely N-dealkylation sites (N-methyl/N-ethyl adjacent to an activating group) is 1. The Labute approximate surface area is 90.7 Å². The second-order valence-electron chi connectivity index (χ2n) is 3.48. The normalized spacial score (nSPS) is 13.5. The highest BCUT2D eigenvalue weighted by molar-refractivity contribution is 7.12. The van der Waals surface area contributed by atoms with E-state index in [1.54, 1.807) is 0 Å². The van der Waals surface area contributed by atoms with Crippen molar-refractivity contribution in [3.63, 3.8) is 0 Å². The van der Waals surface area contributed by atoms with E-state index < -0.39 is 0 Å². The Balaban J connectivity index is 2.78. The Morgan fingerprint density at radius 3 is 2.57 bits per heavy atom. The summed E-state index contributed by atoms with van der Waals surface area (Å²) in [5.74, 6) is 0. The lowest BCUT2D eigenvalue weighted by Gasteiger charge is -2.24. The van der Waals surface area contributed by atoms with E-state index in [2.05, 4.69) is 37.9 Å². The van der Waals surface area contributed by atoms with Gasteiger partial charge in [0.15, 0.2) is 0 Å². The van der Waals surface area contributed by atoms with Crippen LogP contribution in [-0.4, -0.2) is 25.0 Å². The monoisotopic (exact) mass is 212 g/mol. The Morgan fingerprint density at radius 1 is 1.43 bits per heavy atom. The van der Waals surface area contributed by atoms with Gasteiger partial charge in [-0.1, -0.05) is 13.8 Å². The van der Waals surface area contributed by atoms with Gasteiger partial charge in [-0.2, -0.15) is 0 Å². The van der Waals surface area contributed by atoms with E-state index in [0.29, 0.717) is 12.6 Å². The molecule has 1 aromatic rings. The highest BCUT2D eigenvalue weighted by Gasteiger charge is 2.15. The minimum Gasteiger partial charge on any atom is -0.329 e. The van der Waals surface area contributed by atoms with Crippen LogP contribution < -0.4 is 5.73 Å². The predicted molar refractivity (Wildman–Crippen MR) is 63.8 cm³/mol. The smallest absolute Gasteiger partial charge is 0.0561 e. The lowest BCUT2D eigenvalue weighted by molar-refractivity contribution is 0.267. The third kappa shape index (κ3) is 2.56. The Kier molecular flexibility index (Phi) is 4.58. The maximum absolute atomic E-state index is 5.80. The molecule has 14 heavy (non-hydrogen) atoms. The Morgan fingerprint density at radius 2 is 2.14 bits per heavy atom. The van der Waals surface area contributed by atoms with E-state index in [4.69, 9.17) is 5.73 Å². The van der Waals surface area contributed by atoms with Gasteiger partial charge >= 0.3 is 0 Å². The van der Waals surface area contributed by atoms with Gasteiger partial charge in [-0.05, 0) is 32.1 Å². The first kappa shape index (κ1) is 11.7. The summed E-state index contributed by atoms with van der Waals surface area (Å²) >= 11 is 1.89. The van der Waals surface area contributed by atoms with Gasteiger partial charge in [-0.3, -0.25) is 4.90 Å². The van der Waals surface area contributed by atoms with Crippen LogP contribution in [0.1, 0.15) is 29.6 Å². The molecule has 0 bridgehead atoms. The van der Waals surface area contributed by atoms with Crippen LogP contribution >= 0.6 is 11.3 Å². The maximum Gasteiger partial charge on any atom is 0.0561 e.